The molecule has 0 atom stereocenters. The normalized spacial score (nSPS) is 10.4. The molecule has 0 radical (unpaired) electrons. The van der Waals surface area contributed by atoms with Crippen molar-refractivity contribution < 1.29 is 13.9 Å². The second-order valence-electron chi connectivity index (χ2n) is 3.40. The quantitative estimate of drug-likeness (QED) is 0.802. The Kier molecular flexibility index (Phi) is 2.56. The van der Waals surface area contributed by atoms with Crippen molar-refractivity contribution in [2.24, 2.45) is 0 Å². The lowest BCUT2D eigenvalue weighted by Gasteiger charge is -2.05. The molecule has 0 aliphatic rings. The summed E-state index contributed by atoms with van der Waals surface area (Å²) in [5.74, 6) is -1.81. The van der Waals surface area contributed by atoms with Gasteiger partial charge < -0.3 is 5.11 Å². The second kappa shape index (κ2) is 3.89. The zero-order valence-corrected chi connectivity index (χ0v) is 8.54. The highest BCUT2D eigenvalue weighted by atomic mass is 19.2. The number of aryl methyl sites for hydroxylation is 1. The molecule has 1 aromatic carbocycles. The highest BCUT2D eigenvalue weighted by molar-refractivity contribution is 5.61. The maximum atomic E-state index is 13.4. The van der Waals surface area contributed by atoms with Crippen LogP contribution in [0, 0.1) is 18.6 Å². The lowest BCUT2D eigenvalue weighted by atomic mass is 10.1. The Labute approximate surface area is 91.2 Å². The Morgan fingerprint density at radius 2 is 1.88 bits per heavy atom. The predicted molar refractivity (Wildman–Crippen MR) is 56.0 cm³/mol. The molecule has 1 N–H and O–H groups in total. The Hall–Kier alpha value is -1.97. The molecule has 0 unspecified atom stereocenters. The maximum Gasteiger partial charge on any atom is 0.168 e. The van der Waals surface area contributed by atoms with Crippen LogP contribution in [0.3, 0.4) is 0 Å². The van der Waals surface area contributed by atoms with E-state index in [1.54, 1.807) is 6.92 Å². The summed E-state index contributed by atoms with van der Waals surface area (Å²) in [7, 11) is 0. The summed E-state index contributed by atoms with van der Waals surface area (Å²) in [5, 5.41) is 9.28. The van der Waals surface area contributed by atoms with E-state index in [0.717, 1.165) is 6.07 Å². The van der Waals surface area contributed by atoms with E-state index in [1.165, 1.54) is 24.3 Å². The summed E-state index contributed by atoms with van der Waals surface area (Å²) in [6.07, 6.45) is 0. The fraction of sp³-hybridized carbons (Fsp3) is 0.0833. The fourth-order valence-electron chi connectivity index (χ4n) is 1.41. The van der Waals surface area contributed by atoms with Gasteiger partial charge in [-0.2, -0.15) is 0 Å². The number of aromatic hydroxyl groups is 1. The Morgan fingerprint density at radius 3 is 2.56 bits per heavy atom. The number of hydrogen-bond acceptors (Lipinski definition) is 2. The molecule has 2 rings (SSSR count). The number of hydrogen-bond donors (Lipinski definition) is 1. The van der Waals surface area contributed by atoms with Gasteiger partial charge >= 0.3 is 0 Å². The summed E-state index contributed by atoms with van der Waals surface area (Å²) in [4.78, 5) is 3.99. The molecule has 0 aliphatic carbocycles. The van der Waals surface area contributed by atoms with Crippen LogP contribution >= 0.6 is 0 Å². The van der Waals surface area contributed by atoms with Gasteiger partial charge in [-0.15, -0.1) is 0 Å². The highest BCUT2D eigenvalue weighted by Gasteiger charge is 2.11. The zero-order valence-electron chi connectivity index (χ0n) is 8.54. The molecule has 0 saturated carbocycles. The van der Waals surface area contributed by atoms with Gasteiger partial charge in [0.1, 0.15) is 5.75 Å². The smallest absolute Gasteiger partial charge is 0.168 e. The topological polar surface area (TPSA) is 33.1 Å². The van der Waals surface area contributed by atoms with Crippen LogP contribution in [0.15, 0.2) is 30.3 Å². The zero-order chi connectivity index (χ0) is 11.7. The van der Waals surface area contributed by atoms with Crippen molar-refractivity contribution in [2.45, 2.75) is 6.92 Å². The van der Waals surface area contributed by atoms with Crippen molar-refractivity contribution in [2.75, 3.05) is 0 Å². The van der Waals surface area contributed by atoms with Gasteiger partial charge in [0.25, 0.3) is 0 Å². The van der Waals surface area contributed by atoms with Crippen molar-refractivity contribution in [1.82, 2.24) is 4.98 Å². The fourth-order valence-corrected chi connectivity index (χ4v) is 1.41. The van der Waals surface area contributed by atoms with E-state index >= 15 is 0 Å². The van der Waals surface area contributed by atoms with E-state index in [1.807, 2.05) is 0 Å². The Bertz CT molecular complexity index is 541. The van der Waals surface area contributed by atoms with Crippen LogP contribution in [0.1, 0.15) is 5.69 Å². The molecule has 0 saturated heterocycles. The third-order valence-electron chi connectivity index (χ3n) is 2.29. The lowest BCUT2D eigenvalue weighted by Crippen LogP contribution is -1.93. The first-order valence-electron chi connectivity index (χ1n) is 4.70. The highest BCUT2D eigenvalue weighted by Crippen LogP contribution is 2.25. The van der Waals surface area contributed by atoms with Crippen molar-refractivity contribution >= 4 is 0 Å². The van der Waals surface area contributed by atoms with Crippen LogP contribution in [0.25, 0.3) is 11.3 Å². The van der Waals surface area contributed by atoms with Gasteiger partial charge in [0.05, 0.1) is 11.4 Å². The number of nitrogens with zero attached hydrogens (tertiary/aromatic N) is 1. The summed E-state index contributed by atoms with van der Waals surface area (Å²) < 4.78 is 26.4. The van der Waals surface area contributed by atoms with Gasteiger partial charge in [0.15, 0.2) is 11.6 Å². The third-order valence-corrected chi connectivity index (χ3v) is 2.29. The van der Waals surface area contributed by atoms with Crippen molar-refractivity contribution in [3.63, 3.8) is 0 Å². The molecule has 16 heavy (non-hydrogen) atoms. The van der Waals surface area contributed by atoms with Crippen LogP contribution in [0.4, 0.5) is 8.78 Å². The first-order valence-corrected chi connectivity index (χ1v) is 4.70. The van der Waals surface area contributed by atoms with Gasteiger partial charge in [-0.1, -0.05) is 6.07 Å². The number of pyridine rings is 1. The van der Waals surface area contributed by atoms with Crippen LogP contribution in [0.2, 0.25) is 0 Å². The van der Waals surface area contributed by atoms with Crippen LogP contribution < -0.4 is 0 Å². The molecule has 0 aliphatic heterocycles. The van der Waals surface area contributed by atoms with E-state index in [9.17, 15) is 13.9 Å². The van der Waals surface area contributed by atoms with Crippen molar-refractivity contribution in [3.05, 3.63) is 47.7 Å². The number of aromatic nitrogens is 1. The Morgan fingerprint density at radius 1 is 1.12 bits per heavy atom. The Balaban J connectivity index is 2.59. The summed E-state index contributed by atoms with van der Waals surface area (Å²) in [6, 6.07) is 6.75. The second-order valence-corrected chi connectivity index (χ2v) is 3.40. The van der Waals surface area contributed by atoms with E-state index in [2.05, 4.69) is 4.98 Å². The summed E-state index contributed by atoms with van der Waals surface area (Å²) in [5.41, 5.74) is 0.761. The molecule has 0 spiro atoms. The summed E-state index contributed by atoms with van der Waals surface area (Å²) >= 11 is 0. The average molecular weight is 221 g/mol. The van der Waals surface area contributed by atoms with E-state index < -0.39 is 11.6 Å². The first-order chi connectivity index (χ1) is 7.59. The first kappa shape index (κ1) is 10.5. The number of rotatable bonds is 1. The maximum absolute atomic E-state index is 13.4. The van der Waals surface area contributed by atoms with Gasteiger partial charge in [0, 0.05) is 5.56 Å². The molecule has 0 bridgehead atoms. The molecule has 1 aromatic heterocycles. The monoisotopic (exact) mass is 221 g/mol. The minimum Gasteiger partial charge on any atom is -0.506 e. The molecular formula is C12H9F2NO. The van der Waals surface area contributed by atoms with E-state index in [-0.39, 0.29) is 11.3 Å². The standard InChI is InChI=1S/C12H9F2NO/c1-7-11(16)6-5-10(15-7)8-3-2-4-9(13)12(8)14/h2-6,16H,1H3. The lowest BCUT2D eigenvalue weighted by molar-refractivity contribution is 0.467. The minimum atomic E-state index is -0.930. The molecule has 2 nitrogen and oxygen atoms in total. The van der Waals surface area contributed by atoms with Gasteiger partial charge in [-0.25, -0.2) is 13.8 Å². The van der Waals surface area contributed by atoms with Gasteiger partial charge in [0.2, 0.25) is 0 Å². The average Bonchev–Trinajstić information content (AvgIpc) is 2.26. The molecule has 4 heteroatoms. The molecular weight excluding hydrogens is 212 g/mol. The van der Waals surface area contributed by atoms with Gasteiger partial charge in [-0.3, -0.25) is 0 Å². The number of benzene rings is 1. The largest absolute Gasteiger partial charge is 0.506 e. The van der Waals surface area contributed by atoms with Crippen LogP contribution in [-0.2, 0) is 0 Å². The van der Waals surface area contributed by atoms with Crippen molar-refractivity contribution in [3.8, 4) is 17.0 Å². The minimum absolute atomic E-state index is 0.0283. The van der Waals surface area contributed by atoms with E-state index in [0.29, 0.717) is 11.4 Å². The van der Waals surface area contributed by atoms with Crippen LogP contribution in [-0.4, -0.2) is 10.1 Å². The SMILES string of the molecule is Cc1nc(-c2cccc(F)c2F)ccc1O. The molecule has 0 fully saturated rings. The summed E-state index contributed by atoms with van der Waals surface area (Å²) in [6.45, 7) is 1.59. The molecule has 82 valence electrons. The van der Waals surface area contributed by atoms with Crippen LogP contribution in [0.5, 0.6) is 5.75 Å². The van der Waals surface area contributed by atoms with Crippen molar-refractivity contribution in [1.29, 1.82) is 0 Å². The van der Waals surface area contributed by atoms with Gasteiger partial charge in [-0.05, 0) is 31.2 Å². The predicted octanol–water partition coefficient (Wildman–Crippen LogP) is 3.04. The third kappa shape index (κ3) is 1.74. The molecule has 1 heterocycles. The van der Waals surface area contributed by atoms with E-state index in [4.69, 9.17) is 0 Å². The number of halogens is 2. The molecule has 0 amide bonds. The molecule has 2 aromatic rings.